The minimum Gasteiger partial charge on any atom is -0.460 e. The highest BCUT2D eigenvalue weighted by Crippen LogP contribution is 2.19. The maximum atomic E-state index is 10.8. The van der Waals surface area contributed by atoms with Crippen molar-refractivity contribution in [2.75, 3.05) is 6.54 Å². The number of rotatable bonds is 0. The van der Waals surface area contributed by atoms with E-state index >= 15 is 0 Å². The lowest BCUT2D eigenvalue weighted by molar-refractivity contribution is -0.162. The Morgan fingerprint density at radius 1 is 1.56 bits per heavy atom. The fraction of sp³-hybridized carbons (Fsp3) is 0.833. The average molecular weight is 127 g/mol. The van der Waals surface area contributed by atoms with Crippen LogP contribution < -0.4 is 5.32 Å². The second kappa shape index (κ2) is 1.70. The van der Waals surface area contributed by atoms with Crippen molar-refractivity contribution in [1.29, 1.82) is 0 Å². The van der Waals surface area contributed by atoms with Gasteiger partial charge in [-0.2, -0.15) is 0 Å². The average Bonchev–Trinajstić information content (AvgIpc) is 1.90. The van der Waals surface area contributed by atoms with Gasteiger partial charge in [-0.15, -0.1) is 0 Å². The van der Waals surface area contributed by atoms with Crippen LogP contribution >= 0.6 is 0 Å². The van der Waals surface area contributed by atoms with Gasteiger partial charge in [0.25, 0.3) is 0 Å². The summed E-state index contributed by atoms with van der Waals surface area (Å²) in [5, 5.41) is 3.09. The monoisotopic (exact) mass is 127 g/mol. The summed E-state index contributed by atoms with van der Waals surface area (Å²) in [6.07, 6.45) is 2.18. The fourth-order valence-electron chi connectivity index (χ4n) is 1.38. The summed E-state index contributed by atoms with van der Waals surface area (Å²) < 4.78 is 4.98. The summed E-state index contributed by atoms with van der Waals surface area (Å²) in [6, 6.07) is 0.00926. The van der Waals surface area contributed by atoms with Crippen LogP contribution in [0.15, 0.2) is 0 Å². The molecule has 9 heavy (non-hydrogen) atoms. The van der Waals surface area contributed by atoms with Crippen LogP contribution in [0.1, 0.15) is 12.8 Å². The Labute approximate surface area is 53.4 Å². The van der Waals surface area contributed by atoms with Gasteiger partial charge in [0.1, 0.15) is 12.1 Å². The third kappa shape index (κ3) is 0.721. The van der Waals surface area contributed by atoms with Crippen LogP contribution in [0.5, 0.6) is 0 Å². The summed E-state index contributed by atoms with van der Waals surface area (Å²) in [5.41, 5.74) is 0. The first-order valence-corrected chi connectivity index (χ1v) is 3.30. The Balaban J connectivity index is 2.15. The largest absolute Gasteiger partial charge is 0.460 e. The van der Waals surface area contributed by atoms with E-state index in [4.69, 9.17) is 4.74 Å². The van der Waals surface area contributed by atoms with Crippen molar-refractivity contribution < 1.29 is 9.53 Å². The number of morpholine rings is 1. The molecule has 1 N–H and O–H groups in total. The molecule has 3 saturated heterocycles. The molecule has 3 fully saturated rings. The number of hydrogen-bond donors (Lipinski definition) is 1. The standard InChI is InChI=1S/C6H9NO2/c8-6-5-2-1-4(9-6)3-7-5/h4-5,7H,1-3H2/t4-,5-/m0/s1. The van der Waals surface area contributed by atoms with Crippen molar-refractivity contribution in [3.8, 4) is 0 Å². The number of fused-ring (bicyclic) bond motifs is 3. The van der Waals surface area contributed by atoms with Crippen molar-refractivity contribution >= 4 is 5.97 Å². The molecule has 0 unspecified atom stereocenters. The first kappa shape index (κ1) is 5.23. The molecule has 0 aromatic carbocycles. The van der Waals surface area contributed by atoms with Gasteiger partial charge in [-0.25, -0.2) is 0 Å². The van der Waals surface area contributed by atoms with E-state index in [2.05, 4.69) is 5.32 Å². The normalized spacial score (nSPS) is 40.7. The zero-order valence-corrected chi connectivity index (χ0v) is 5.09. The van der Waals surface area contributed by atoms with E-state index in [1.807, 2.05) is 0 Å². The smallest absolute Gasteiger partial charge is 0.323 e. The van der Waals surface area contributed by atoms with Gasteiger partial charge in [-0.05, 0) is 12.8 Å². The number of hydrogen-bond acceptors (Lipinski definition) is 3. The molecule has 0 aromatic rings. The zero-order chi connectivity index (χ0) is 6.27. The molecule has 0 aromatic heterocycles. The first-order valence-electron chi connectivity index (χ1n) is 3.30. The first-order chi connectivity index (χ1) is 4.36. The predicted molar refractivity (Wildman–Crippen MR) is 30.9 cm³/mol. The molecule has 3 nitrogen and oxygen atoms in total. The van der Waals surface area contributed by atoms with Gasteiger partial charge in [0, 0.05) is 6.54 Å². The molecule has 3 aliphatic heterocycles. The van der Waals surface area contributed by atoms with Crippen LogP contribution in [0.25, 0.3) is 0 Å². The van der Waals surface area contributed by atoms with Crippen molar-refractivity contribution in [3.05, 3.63) is 0 Å². The molecule has 0 amide bonds. The van der Waals surface area contributed by atoms with Gasteiger partial charge >= 0.3 is 5.97 Å². The number of carbonyl (C=O) groups excluding carboxylic acids is 1. The lowest BCUT2D eigenvalue weighted by Crippen LogP contribution is -2.54. The molecule has 2 bridgehead atoms. The molecule has 50 valence electrons. The summed E-state index contributed by atoms with van der Waals surface area (Å²) in [6.45, 7) is 0.858. The number of piperidine rings is 1. The van der Waals surface area contributed by atoms with Crippen LogP contribution in [0, 0.1) is 0 Å². The Morgan fingerprint density at radius 3 is 2.67 bits per heavy atom. The Morgan fingerprint density at radius 2 is 2.44 bits per heavy atom. The van der Waals surface area contributed by atoms with E-state index in [-0.39, 0.29) is 18.1 Å². The molecule has 2 atom stereocenters. The molecule has 3 rings (SSSR count). The van der Waals surface area contributed by atoms with Gasteiger partial charge in [0.2, 0.25) is 0 Å². The second-order valence-corrected chi connectivity index (χ2v) is 2.60. The van der Waals surface area contributed by atoms with Crippen LogP contribution in [-0.4, -0.2) is 24.7 Å². The van der Waals surface area contributed by atoms with Crippen LogP contribution in [0.2, 0.25) is 0 Å². The van der Waals surface area contributed by atoms with E-state index in [9.17, 15) is 4.79 Å². The zero-order valence-electron chi connectivity index (χ0n) is 5.09. The second-order valence-electron chi connectivity index (χ2n) is 2.60. The minimum absolute atomic E-state index is 0.00926. The fourth-order valence-corrected chi connectivity index (χ4v) is 1.38. The molecule has 3 aliphatic rings. The maximum Gasteiger partial charge on any atom is 0.323 e. The number of carbonyl (C=O) groups is 1. The molecule has 3 heteroatoms. The Hall–Kier alpha value is -0.570. The lowest BCUT2D eigenvalue weighted by Gasteiger charge is -2.35. The van der Waals surface area contributed by atoms with Crippen LogP contribution in [-0.2, 0) is 9.53 Å². The summed E-state index contributed by atoms with van der Waals surface area (Å²) >= 11 is 0. The van der Waals surface area contributed by atoms with Crippen molar-refractivity contribution in [1.82, 2.24) is 5.32 Å². The van der Waals surface area contributed by atoms with Gasteiger partial charge < -0.3 is 10.1 Å². The van der Waals surface area contributed by atoms with Gasteiger partial charge in [0.15, 0.2) is 0 Å². The van der Waals surface area contributed by atoms with E-state index in [0.717, 1.165) is 19.4 Å². The molecular weight excluding hydrogens is 118 g/mol. The van der Waals surface area contributed by atoms with Crippen LogP contribution in [0.4, 0.5) is 0 Å². The van der Waals surface area contributed by atoms with Gasteiger partial charge in [0.05, 0.1) is 0 Å². The Kier molecular flexibility index (Phi) is 0.990. The maximum absolute atomic E-state index is 10.8. The van der Waals surface area contributed by atoms with E-state index in [0.29, 0.717) is 0 Å². The van der Waals surface area contributed by atoms with Gasteiger partial charge in [-0.3, -0.25) is 4.79 Å². The molecule has 3 heterocycles. The molecular formula is C6H9NO2. The Bertz CT molecular complexity index is 138. The van der Waals surface area contributed by atoms with E-state index < -0.39 is 0 Å². The highest BCUT2D eigenvalue weighted by Gasteiger charge is 2.35. The lowest BCUT2D eigenvalue weighted by atomic mass is 9.99. The molecule has 0 spiro atoms. The number of nitrogens with one attached hydrogen (secondary N) is 1. The SMILES string of the molecule is O=C1O[C@H]2CC[C@@H]1NC2. The molecule has 0 radical (unpaired) electrons. The number of ether oxygens (including phenoxy) is 1. The third-order valence-electron chi connectivity index (χ3n) is 1.94. The molecule has 0 saturated carbocycles. The highest BCUT2D eigenvalue weighted by atomic mass is 16.5. The van der Waals surface area contributed by atoms with Crippen molar-refractivity contribution in [2.45, 2.75) is 25.0 Å². The highest BCUT2D eigenvalue weighted by molar-refractivity contribution is 5.77. The summed E-state index contributed by atoms with van der Waals surface area (Å²) in [7, 11) is 0. The quantitative estimate of drug-likeness (QED) is 0.452. The predicted octanol–water partition coefficient (Wildman–Crippen LogP) is -0.336. The van der Waals surface area contributed by atoms with Crippen molar-refractivity contribution in [3.63, 3.8) is 0 Å². The number of esters is 1. The van der Waals surface area contributed by atoms with E-state index in [1.54, 1.807) is 0 Å². The molecule has 0 aliphatic carbocycles. The summed E-state index contributed by atoms with van der Waals surface area (Å²) in [4.78, 5) is 10.8. The van der Waals surface area contributed by atoms with Crippen molar-refractivity contribution in [2.24, 2.45) is 0 Å². The third-order valence-corrected chi connectivity index (χ3v) is 1.94. The summed E-state index contributed by atoms with van der Waals surface area (Å²) in [5.74, 6) is -0.0579. The van der Waals surface area contributed by atoms with E-state index in [1.165, 1.54) is 0 Å². The minimum atomic E-state index is -0.0579. The van der Waals surface area contributed by atoms with Crippen LogP contribution in [0.3, 0.4) is 0 Å². The topological polar surface area (TPSA) is 38.3 Å². The van der Waals surface area contributed by atoms with Gasteiger partial charge in [-0.1, -0.05) is 0 Å².